The smallest absolute Gasteiger partial charge is 0.238 e. The van der Waals surface area contributed by atoms with E-state index in [0.717, 1.165) is 35.4 Å². The number of nitrogens with zero attached hydrogens (tertiary/aromatic N) is 3. The fourth-order valence-corrected chi connectivity index (χ4v) is 5.14. The van der Waals surface area contributed by atoms with E-state index < -0.39 is 15.6 Å². The second-order valence-electron chi connectivity index (χ2n) is 8.22. The maximum atomic E-state index is 12.2. The van der Waals surface area contributed by atoms with Gasteiger partial charge in [-0.05, 0) is 37.0 Å². The predicted molar refractivity (Wildman–Crippen MR) is 124 cm³/mol. The van der Waals surface area contributed by atoms with Crippen molar-refractivity contribution in [2.24, 2.45) is 0 Å². The Morgan fingerprint density at radius 3 is 2.45 bits per heavy atom. The summed E-state index contributed by atoms with van der Waals surface area (Å²) in [6.45, 7) is 0.753. The molecule has 1 aromatic carbocycles. The quantitative estimate of drug-likeness (QED) is 0.693. The Morgan fingerprint density at radius 1 is 1.16 bits per heavy atom. The van der Waals surface area contributed by atoms with Gasteiger partial charge in [-0.15, -0.1) is 10.2 Å². The second-order valence-corrected chi connectivity index (χ2v) is 11.2. The molecule has 10 heteroatoms. The molecule has 166 valence electrons. The molecule has 31 heavy (non-hydrogen) atoms. The lowest BCUT2D eigenvalue weighted by molar-refractivity contribution is -0.128. The number of hydrogen-bond acceptors (Lipinski definition) is 6. The molecule has 0 saturated heterocycles. The van der Waals surface area contributed by atoms with Crippen LogP contribution < -0.4 is 5.32 Å². The number of aromatic nitrogens is 2. The number of nitrogens with one attached hydrogen (secondary N) is 1. The molecule has 1 aromatic heterocycles. The molecule has 1 aliphatic heterocycles. The Hall–Kier alpha value is -1.90. The van der Waals surface area contributed by atoms with E-state index >= 15 is 0 Å². The average molecular weight is 483 g/mol. The molecule has 1 saturated carbocycles. The molecule has 0 radical (unpaired) electrons. The van der Waals surface area contributed by atoms with Crippen LogP contribution in [-0.4, -0.2) is 60.6 Å². The lowest BCUT2D eigenvalue weighted by atomic mass is 9.99. The molecule has 2 aromatic rings. The number of sulfone groups is 1. The van der Waals surface area contributed by atoms with Crippen LogP contribution in [0.25, 0.3) is 16.3 Å². The first-order chi connectivity index (χ1) is 14.7. The highest BCUT2D eigenvalue weighted by molar-refractivity contribution is 7.91. The number of carbonyl (C=O) groups is 1. The highest BCUT2D eigenvalue weighted by Gasteiger charge is 2.24. The summed E-state index contributed by atoms with van der Waals surface area (Å²) in [5.41, 5.74) is 1.66. The van der Waals surface area contributed by atoms with E-state index in [9.17, 15) is 13.2 Å². The summed E-state index contributed by atoms with van der Waals surface area (Å²) in [6, 6.07) is 4.01. The Morgan fingerprint density at radius 2 is 1.84 bits per heavy atom. The van der Waals surface area contributed by atoms with Crippen LogP contribution >= 0.6 is 23.2 Å². The molecule has 0 unspecified atom stereocenters. The minimum absolute atomic E-state index is 0.330. The van der Waals surface area contributed by atoms with Crippen molar-refractivity contribution in [1.29, 1.82) is 0 Å². The molecule has 1 aliphatic carbocycles. The minimum atomic E-state index is -3.36. The lowest BCUT2D eigenvalue weighted by Gasteiger charge is -2.26. The van der Waals surface area contributed by atoms with Crippen LogP contribution in [-0.2, 0) is 14.6 Å². The van der Waals surface area contributed by atoms with Gasteiger partial charge in [0, 0.05) is 36.2 Å². The first-order valence-corrected chi connectivity index (χ1v) is 13.1. The Labute approximate surface area is 191 Å². The van der Waals surface area contributed by atoms with Crippen molar-refractivity contribution in [2.45, 2.75) is 38.1 Å². The SMILES string of the molecule is CS(=O)(=O)CC(=O)N1CC=C(c2nnc(NC3CCCC3)c3cc(Cl)c(Cl)cc23)CC1. The fourth-order valence-electron chi connectivity index (χ4n) is 4.18. The van der Waals surface area contributed by atoms with Crippen LogP contribution in [0.2, 0.25) is 10.0 Å². The Balaban J connectivity index is 1.65. The van der Waals surface area contributed by atoms with Gasteiger partial charge in [0.2, 0.25) is 5.91 Å². The summed E-state index contributed by atoms with van der Waals surface area (Å²) < 4.78 is 22.8. The van der Waals surface area contributed by atoms with Crippen molar-refractivity contribution in [3.63, 3.8) is 0 Å². The summed E-state index contributed by atoms with van der Waals surface area (Å²) in [5, 5.41) is 15.1. The second kappa shape index (κ2) is 8.92. The van der Waals surface area contributed by atoms with Gasteiger partial charge < -0.3 is 10.2 Å². The number of carbonyl (C=O) groups excluding carboxylic acids is 1. The molecular formula is C21H24Cl2N4O3S. The fraction of sp³-hybridized carbons (Fsp3) is 0.476. The highest BCUT2D eigenvalue weighted by atomic mass is 35.5. The molecule has 1 amide bonds. The third-order valence-electron chi connectivity index (χ3n) is 5.77. The zero-order valence-corrected chi connectivity index (χ0v) is 19.5. The van der Waals surface area contributed by atoms with E-state index in [1.807, 2.05) is 18.2 Å². The van der Waals surface area contributed by atoms with Gasteiger partial charge in [0.05, 0.1) is 15.7 Å². The summed E-state index contributed by atoms with van der Waals surface area (Å²) >= 11 is 12.6. The van der Waals surface area contributed by atoms with Crippen molar-refractivity contribution in [3.8, 4) is 0 Å². The largest absolute Gasteiger partial charge is 0.365 e. The predicted octanol–water partition coefficient (Wildman–Crippen LogP) is 3.95. The third kappa shape index (κ3) is 5.13. The molecule has 2 aliphatic rings. The number of anilines is 1. The van der Waals surface area contributed by atoms with Crippen LogP contribution in [0.3, 0.4) is 0 Å². The van der Waals surface area contributed by atoms with Gasteiger partial charge in [-0.2, -0.15) is 0 Å². The molecule has 0 bridgehead atoms. The Kier molecular flexibility index (Phi) is 6.42. The monoisotopic (exact) mass is 482 g/mol. The Bertz CT molecular complexity index is 1160. The van der Waals surface area contributed by atoms with Crippen LogP contribution in [0.15, 0.2) is 18.2 Å². The zero-order valence-electron chi connectivity index (χ0n) is 17.2. The van der Waals surface area contributed by atoms with Crippen LogP contribution in [0.1, 0.15) is 37.8 Å². The van der Waals surface area contributed by atoms with Gasteiger partial charge >= 0.3 is 0 Å². The highest BCUT2D eigenvalue weighted by Crippen LogP contribution is 2.36. The van der Waals surface area contributed by atoms with E-state index in [1.165, 1.54) is 12.8 Å². The lowest BCUT2D eigenvalue weighted by Crippen LogP contribution is -2.38. The van der Waals surface area contributed by atoms with E-state index in [4.69, 9.17) is 23.2 Å². The van der Waals surface area contributed by atoms with Crippen molar-refractivity contribution in [2.75, 3.05) is 30.4 Å². The number of halogens is 2. The number of hydrogen-bond donors (Lipinski definition) is 1. The standard InChI is InChI=1S/C21H24Cl2N4O3S/c1-31(29,30)12-19(28)27-8-6-13(7-9-27)20-15-10-17(22)18(23)11-16(15)21(26-25-20)24-14-4-2-3-5-14/h6,10-11,14H,2-5,7-9,12H2,1H3,(H,24,26). The topological polar surface area (TPSA) is 92.3 Å². The van der Waals surface area contributed by atoms with E-state index in [-0.39, 0.29) is 5.91 Å². The third-order valence-corrected chi connectivity index (χ3v) is 7.26. The molecule has 7 nitrogen and oxygen atoms in total. The van der Waals surface area contributed by atoms with E-state index in [0.29, 0.717) is 47.1 Å². The van der Waals surface area contributed by atoms with E-state index in [2.05, 4.69) is 15.5 Å². The number of amides is 1. The van der Waals surface area contributed by atoms with Crippen molar-refractivity contribution in [3.05, 3.63) is 33.9 Å². The van der Waals surface area contributed by atoms with Gasteiger partial charge in [0.25, 0.3) is 0 Å². The first kappa shape index (κ1) is 22.3. The summed E-state index contributed by atoms with van der Waals surface area (Å²) in [5.74, 6) is -0.167. The first-order valence-electron chi connectivity index (χ1n) is 10.3. The van der Waals surface area contributed by atoms with Crippen molar-refractivity contribution < 1.29 is 13.2 Å². The number of rotatable bonds is 5. The van der Waals surface area contributed by atoms with Gasteiger partial charge in [0.1, 0.15) is 5.75 Å². The van der Waals surface area contributed by atoms with Crippen LogP contribution in [0.5, 0.6) is 0 Å². The maximum Gasteiger partial charge on any atom is 0.238 e. The minimum Gasteiger partial charge on any atom is -0.365 e. The summed E-state index contributed by atoms with van der Waals surface area (Å²) in [4.78, 5) is 13.8. The zero-order chi connectivity index (χ0) is 22.2. The molecule has 0 atom stereocenters. The molecule has 4 rings (SSSR count). The van der Waals surface area contributed by atoms with Crippen molar-refractivity contribution >= 4 is 61.1 Å². The molecule has 0 spiro atoms. The molecule has 1 N–H and O–H groups in total. The van der Waals surface area contributed by atoms with Crippen molar-refractivity contribution in [1.82, 2.24) is 15.1 Å². The molecular weight excluding hydrogens is 459 g/mol. The van der Waals surface area contributed by atoms with Gasteiger partial charge in [0.15, 0.2) is 15.7 Å². The normalized spacial score (nSPS) is 17.8. The average Bonchev–Trinajstić information content (AvgIpc) is 3.21. The van der Waals surface area contributed by atoms with Gasteiger partial charge in [-0.3, -0.25) is 4.79 Å². The number of fused-ring (bicyclic) bond motifs is 1. The molecule has 1 fully saturated rings. The van der Waals surface area contributed by atoms with Gasteiger partial charge in [-0.25, -0.2) is 8.42 Å². The molecule has 2 heterocycles. The summed E-state index contributed by atoms with van der Waals surface area (Å²) in [7, 11) is -3.36. The van der Waals surface area contributed by atoms with Gasteiger partial charge in [-0.1, -0.05) is 42.1 Å². The van der Waals surface area contributed by atoms with Crippen LogP contribution in [0, 0.1) is 0 Å². The van der Waals surface area contributed by atoms with Crippen LogP contribution in [0.4, 0.5) is 5.82 Å². The van der Waals surface area contributed by atoms with E-state index in [1.54, 1.807) is 4.90 Å². The summed E-state index contributed by atoms with van der Waals surface area (Å²) in [6.07, 6.45) is 8.14. The number of benzene rings is 1. The maximum absolute atomic E-state index is 12.2.